The molecule has 0 aliphatic carbocycles. The lowest BCUT2D eigenvalue weighted by atomic mass is 10.1. The van der Waals surface area contributed by atoms with Gasteiger partial charge < -0.3 is 23.8 Å². The Kier molecular flexibility index (Phi) is 35.8. The van der Waals surface area contributed by atoms with Crippen molar-refractivity contribution >= 4 is 17.9 Å². The molecule has 0 fully saturated rings. The summed E-state index contributed by atoms with van der Waals surface area (Å²) in [6.45, 7) is 4.68. The number of hydrogen-bond acceptors (Lipinski definition) is 6. The highest BCUT2D eigenvalue weighted by atomic mass is 16.6. The van der Waals surface area contributed by atoms with Gasteiger partial charge in [0.1, 0.15) is 6.61 Å². The Morgan fingerprint density at radius 2 is 0.981 bits per heavy atom. The van der Waals surface area contributed by atoms with Gasteiger partial charge in [0.05, 0.1) is 34.4 Å². The monoisotopic (exact) mass is 763 g/mol. The number of hydrogen-bond donors (Lipinski definition) is 1. The zero-order valence-corrected chi connectivity index (χ0v) is 35.7. The molecule has 54 heavy (non-hydrogen) atoms. The fraction of sp³-hybridized carbons (Fsp3) is 0.804. The predicted molar refractivity (Wildman–Crippen MR) is 225 cm³/mol. The second-order valence-corrected chi connectivity index (χ2v) is 15.9. The van der Waals surface area contributed by atoms with Crippen LogP contribution in [0, 0.1) is 0 Å². The Morgan fingerprint density at radius 3 is 1.48 bits per heavy atom. The summed E-state index contributed by atoms with van der Waals surface area (Å²) in [7, 11) is 5.52. The topological polar surface area (TPSA) is 99.1 Å². The van der Waals surface area contributed by atoms with Crippen LogP contribution in [-0.4, -0.2) is 80.6 Å². The number of unbranched alkanes of at least 4 members (excludes halogenated alkanes) is 19. The molecule has 1 N–H and O–H groups in total. The van der Waals surface area contributed by atoms with E-state index in [9.17, 15) is 19.5 Å². The fourth-order valence-electron chi connectivity index (χ4n) is 6.29. The number of carbonyl (C=O) groups is 3. The van der Waals surface area contributed by atoms with Gasteiger partial charge in [-0.1, -0.05) is 134 Å². The normalized spacial score (nSPS) is 13.3. The average Bonchev–Trinajstić information content (AvgIpc) is 3.12. The summed E-state index contributed by atoms with van der Waals surface area (Å²) < 4.78 is 17.3. The standard InChI is InChI=1S/C46H83NO7/c1-6-8-10-12-14-16-18-20-21-22-23-25-27-29-31-33-35-37-45(49)54-42(40-52-39-38-43(46(50)51)47(3,4)5)41-53-44(48)36-34-32-30-28-26-24-19-17-15-13-11-9-7-2/h14,16-17,19-21,42-43H,6-13,15,18,22-41H2,1-5H3/p+1/b16-14-,19-17-,21-20-. The van der Waals surface area contributed by atoms with Crippen LogP contribution in [-0.2, 0) is 28.6 Å². The first-order valence-electron chi connectivity index (χ1n) is 22.0. The van der Waals surface area contributed by atoms with Crippen molar-refractivity contribution in [3.8, 4) is 0 Å². The van der Waals surface area contributed by atoms with Crippen molar-refractivity contribution in [3.05, 3.63) is 36.5 Å². The van der Waals surface area contributed by atoms with Crippen molar-refractivity contribution in [1.29, 1.82) is 0 Å². The zero-order valence-electron chi connectivity index (χ0n) is 35.7. The highest BCUT2D eigenvalue weighted by Gasteiger charge is 2.31. The molecule has 0 bridgehead atoms. The summed E-state index contributed by atoms with van der Waals surface area (Å²) in [6, 6.07) is -0.616. The molecule has 0 rings (SSSR count). The van der Waals surface area contributed by atoms with Gasteiger partial charge in [-0.3, -0.25) is 9.59 Å². The third-order valence-corrected chi connectivity index (χ3v) is 9.76. The second kappa shape index (κ2) is 37.5. The maximum absolute atomic E-state index is 12.7. The van der Waals surface area contributed by atoms with Crippen LogP contribution >= 0.6 is 0 Å². The number of carbonyl (C=O) groups excluding carboxylic acids is 2. The average molecular weight is 763 g/mol. The van der Waals surface area contributed by atoms with Gasteiger partial charge in [0, 0.05) is 19.3 Å². The van der Waals surface area contributed by atoms with Crippen LogP contribution in [0.2, 0.25) is 0 Å². The van der Waals surface area contributed by atoms with Crippen LogP contribution in [0.15, 0.2) is 36.5 Å². The Morgan fingerprint density at radius 1 is 0.556 bits per heavy atom. The second-order valence-electron chi connectivity index (χ2n) is 15.9. The van der Waals surface area contributed by atoms with E-state index in [4.69, 9.17) is 14.2 Å². The number of likely N-dealkylation sites (N-methyl/N-ethyl adjacent to an activating group) is 1. The minimum Gasteiger partial charge on any atom is -0.477 e. The van der Waals surface area contributed by atoms with Crippen LogP contribution < -0.4 is 0 Å². The van der Waals surface area contributed by atoms with Crippen molar-refractivity contribution < 1.29 is 38.2 Å². The molecule has 0 heterocycles. The van der Waals surface area contributed by atoms with E-state index in [-0.39, 0.29) is 36.2 Å². The highest BCUT2D eigenvalue weighted by molar-refractivity contribution is 5.72. The van der Waals surface area contributed by atoms with Crippen molar-refractivity contribution in [1.82, 2.24) is 0 Å². The third kappa shape index (κ3) is 35.3. The molecular formula is C46H84NO7+. The van der Waals surface area contributed by atoms with E-state index in [1.165, 1.54) is 89.9 Å². The molecule has 0 aromatic carbocycles. The first-order valence-corrected chi connectivity index (χ1v) is 22.0. The van der Waals surface area contributed by atoms with E-state index in [2.05, 4.69) is 50.3 Å². The molecule has 0 aliphatic rings. The van der Waals surface area contributed by atoms with E-state index >= 15 is 0 Å². The van der Waals surface area contributed by atoms with Crippen molar-refractivity contribution in [3.63, 3.8) is 0 Å². The molecule has 8 nitrogen and oxygen atoms in total. The lowest BCUT2D eigenvalue weighted by molar-refractivity contribution is -0.887. The molecular weight excluding hydrogens is 679 g/mol. The van der Waals surface area contributed by atoms with E-state index in [0.717, 1.165) is 64.2 Å². The maximum atomic E-state index is 12.7. The van der Waals surface area contributed by atoms with Crippen molar-refractivity contribution in [2.75, 3.05) is 41.0 Å². The molecule has 0 aliphatic heterocycles. The molecule has 2 atom stereocenters. The Balaban J connectivity index is 4.37. The molecule has 2 unspecified atom stereocenters. The smallest absolute Gasteiger partial charge is 0.362 e. The number of rotatable bonds is 39. The minimum atomic E-state index is -0.878. The van der Waals surface area contributed by atoms with E-state index in [1.54, 1.807) is 0 Å². The zero-order chi connectivity index (χ0) is 40.0. The Labute approximate surface area is 332 Å². The molecule has 0 spiro atoms. The summed E-state index contributed by atoms with van der Waals surface area (Å²) in [5.41, 5.74) is 0. The van der Waals surface area contributed by atoms with Crippen molar-refractivity contribution in [2.24, 2.45) is 0 Å². The molecule has 8 heteroatoms. The van der Waals surface area contributed by atoms with Gasteiger partial charge in [0.15, 0.2) is 12.1 Å². The summed E-state index contributed by atoms with van der Waals surface area (Å²) in [6.07, 6.45) is 41.8. The van der Waals surface area contributed by atoms with Crippen LogP contribution in [0.5, 0.6) is 0 Å². The maximum Gasteiger partial charge on any atom is 0.362 e. The van der Waals surface area contributed by atoms with Gasteiger partial charge in [0.2, 0.25) is 0 Å². The molecule has 0 amide bonds. The van der Waals surface area contributed by atoms with Gasteiger partial charge in [0.25, 0.3) is 0 Å². The Bertz CT molecular complexity index is 984. The van der Waals surface area contributed by atoms with E-state index in [1.807, 2.05) is 21.1 Å². The number of quaternary nitrogens is 1. The van der Waals surface area contributed by atoms with Crippen LogP contribution in [0.25, 0.3) is 0 Å². The van der Waals surface area contributed by atoms with Crippen LogP contribution in [0.4, 0.5) is 0 Å². The van der Waals surface area contributed by atoms with Crippen molar-refractivity contribution in [2.45, 2.75) is 199 Å². The lowest BCUT2D eigenvalue weighted by Crippen LogP contribution is -2.50. The first kappa shape index (κ1) is 51.5. The van der Waals surface area contributed by atoms with Gasteiger partial charge >= 0.3 is 17.9 Å². The number of carboxylic acid groups (broad SMARTS) is 1. The van der Waals surface area contributed by atoms with Crippen LogP contribution in [0.3, 0.4) is 0 Å². The lowest BCUT2D eigenvalue weighted by Gasteiger charge is -2.31. The van der Waals surface area contributed by atoms with E-state index < -0.39 is 18.1 Å². The van der Waals surface area contributed by atoms with Gasteiger partial charge in [-0.25, -0.2) is 4.79 Å². The number of carboxylic acids is 1. The fourth-order valence-corrected chi connectivity index (χ4v) is 6.29. The predicted octanol–water partition coefficient (Wildman–Crippen LogP) is 11.9. The molecule has 0 aromatic heterocycles. The summed E-state index contributed by atoms with van der Waals surface area (Å²) in [5, 5.41) is 9.61. The number of nitrogens with zero attached hydrogens (tertiary/aromatic N) is 1. The summed E-state index contributed by atoms with van der Waals surface area (Å²) >= 11 is 0. The summed E-state index contributed by atoms with van der Waals surface area (Å²) in [5.74, 6) is -1.49. The van der Waals surface area contributed by atoms with Gasteiger partial charge in [-0.15, -0.1) is 0 Å². The van der Waals surface area contributed by atoms with Gasteiger partial charge in [-0.2, -0.15) is 0 Å². The SMILES string of the molecule is CCCCC/C=C\C/C=C\CCCCCCCCCC(=O)OC(COCCC(C(=O)O)[N+](C)(C)C)COC(=O)CCCCCCC/C=C\CCCCCC. The van der Waals surface area contributed by atoms with Crippen LogP contribution in [0.1, 0.15) is 187 Å². The molecule has 0 saturated carbocycles. The number of ether oxygens (including phenoxy) is 3. The minimum absolute atomic E-state index is 0.0562. The summed E-state index contributed by atoms with van der Waals surface area (Å²) in [4.78, 5) is 36.9. The molecule has 0 aromatic rings. The Hall–Kier alpha value is -2.45. The third-order valence-electron chi connectivity index (χ3n) is 9.76. The number of aliphatic carboxylic acids is 1. The number of esters is 2. The quantitative estimate of drug-likeness (QED) is 0.0288. The van der Waals surface area contributed by atoms with E-state index in [0.29, 0.717) is 19.3 Å². The molecule has 0 radical (unpaired) electrons. The first-order chi connectivity index (χ1) is 26.1. The largest absolute Gasteiger partial charge is 0.477 e. The molecule has 0 saturated heterocycles. The number of allylic oxidation sites excluding steroid dienone is 6. The molecule has 314 valence electrons. The highest BCUT2D eigenvalue weighted by Crippen LogP contribution is 2.14. The van der Waals surface area contributed by atoms with Gasteiger partial charge in [-0.05, 0) is 70.6 Å².